The van der Waals surface area contributed by atoms with Gasteiger partial charge in [0.25, 0.3) is 5.91 Å². The van der Waals surface area contributed by atoms with Gasteiger partial charge in [0, 0.05) is 40.2 Å². The van der Waals surface area contributed by atoms with Gasteiger partial charge in [-0.25, -0.2) is 4.98 Å². The molecule has 1 saturated heterocycles. The minimum Gasteiger partial charge on any atom is -0.493 e. The van der Waals surface area contributed by atoms with Crippen LogP contribution in [0.4, 0.5) is 13.2 Å². The monoisotopic (exact) mass is 1020 g/mol. The SMILES string of the molecule is O=C(COCCOc1cccc2c1CN(C1CCC(=O)NC1=O)C2=O)NCCOCCOCCOCCOc1ccc(CCc2c(-c3ccc(C(F)(F)F)cc3)nn(-c3nc4cc(Cl)ccc4[nH]3)c2O)cc1. The van der Waals surface area contributed by atoms with E-state index in [0.29, 0.717) is 108 Å². The smallest absolute Gasteiger partial charge is 0.416 e. The van der Waals surface area contributed by atoms with Crippen molar-refractivity contribution < 1.29 is 65.9 Å². The van der Waals surface area contributed by atoms with E-state index in [9.17, 15) is 37.5 Å². The number of aromatic nitrogens is 4. The van der Waals surface area contributed by atoms with E-state index in [-0.39, 0.29) is 81.9 Å². The van der Waals surface area contributed by atoms with Crippen molar-refractivity contribution in [3.8, 4) is 34.6 Å². The Morgan fingerprint density at radius 2 is 1.54 bits per heavy atom. The summed E-state index contributed by atoms with van der Waals surface area (Å²) in [4.78, 5) is 58.2. The highest BCUT2D eigenvalue weighted by Gasteiger charge is 2.40. The van der Waals surface area contributed by atoms with Gasteiger partial charge in [-0.2, -0.15) is 23.0 Å². The van der Waals surface area contributed by atoms with Crippen LogP contribution in [0, 0.1) is 0 Å². The minimum absolute atomic E-state index is 0.125. The number of aromatic hydroxyl groups is 1. The predicted molar refractivity (Wildman–Crippen MR) is 254 cm³/mol. The van der Waals surface area contributed by atoms with Crippen molar-refractivity contribution in [3.63, 3.8) is 0 Å². The van der Waals surface area contributed by atoms with Crippen molar-refractivity contribution in [1.82, 2.24) is 35.3 Å². The Morgan fingerprint density at radius 3 is 2.28 bits per heavy atom. The molecule has 1 fully saturated rings. The molecule has 4 aromatic carbocycles. The maximum atomic E-state index is 13.3. The fourth-order valence-corrected chi connectivity index (χ4v) is 8.26. The van der Waals surface area contributed by atoms with Crippen LogP contribution in [0.2, 0.25) is 5.02 Å². The number of carbonyl (C=O) groups is 4. The Hall–Kier alpha value is -7.04. The molecule has 4 heterocycles. The van der Waals surface area contributed by atoms with Crippen molar-refractivity contribution in [2.75, 3.05) is 72.6 Å². The first-order valence-corrected chi connectivity index (χ1v) is 23.5. The van der Waals surface area contributed by atoms with E-state index in [1.807, 2.05) is 24.3 Å². The van der Waals surface area contributed by atoms with Gasteiger partial charge in [0.2, 0.25) is 29.5 Å². The highest BCUT2D eigenvalue weighted by atomic mass is 35.5. The number of hydrogen-bond donors (Lipinski definition) is 4. The fraction of sp³-hybridized carbons (Fsp3) is 0.360. The lowest BCUT2D eigenvalue weighted by Gasteiger charge is -2.29. The van der Waals surface area contributed by atoms with Crippen LogP contribution >= 0.6 is 11.6 Å². The molecule has 4 amide bonds. The summed E-state index contributed by atoms with van der Waals surface area (Å²) >= 11 is 6.14. The van der Waals surface area contributed by atoms with E-state index in [4.69, 9.17) is 40.0 Å². The van der Waals surface area contributed by atoms with Crippen LogP contribution in [0.3, 0.4) is 0 Å². The average molecular weight is 1020 g/mol. The molecule has 380 valence electrons. The Morgan fingerprint density at radius 1 is 0.833 bits per heavy atom. The van der Waals surface area contributed by atoms with Crippen LogP contribution in [0.25, 0.3) is 28.2 Å². The molecule has 0 saturated carbocycles. The first-order chi connectivity index (χ1) is 34.8. The molecule has 18 nitrogen and oxygen atoms in total. The number of imide groups is 1. The molecule has 0 spiro atoms. The van der Waals surface area contributed by atoms with E-state index in [2.05, 4.69) is 25.7 Å². The average Bonchev–Trinajstić information content (AvgIpc) is 4.04. The van der Waals surface area contributed by atoms with Gasteiger partial charge in [0.15, 0.2) is 0 Å². The van der Waals surface area contributed by atoms with Crippen molar-refractivity contribution in [3.05, 3.63) is 118 Å². The molecule has 2 aliphatic heterocycles. The molecule has 0 aliphatic carbocycles. The first kappa shape index (κ1) is 51.3. The van der Waals surface area contributed by atoms with Crippen molar-refractivity contribution in [1.29, 1.82) is 0 Å². The molecule has 22 heteroatoms. The summed E-state index contributed by atoms with van der Waals surface area (Å²) in [5.74, 6) is -0.307. The van der Waals surface area contributed by atoms with Gasteiger partial charge in [-0.1, -0.05) is 41.9 Å². The van der Waals surface area contributed by atoms with Gasteiger partial charge in [0.05, 0.1) is 69.4 Å². The van der Waals surface area contributed by atoms with E-state index >= 15 is 0 Å². The maximum absolute atomic E-state index is 13.3. The van der Waals surface area contributed by atoms with E-state index in [1.165, 1.54) is 21.7 Å². The quantitative estimate of drug-likeness (QED) is 0.0384. The van der Waals surface area contributed by atoms with Crippen molar-refractivity contribution in [2.45, 2.75) is 44.4 Å². The molecule has 1 atom stereocenters. The van der Waals surface area contributed by atoms with Gasteiger partial charge in [-0.3, -0.25) is 24.5 Å². The third kappa shape index (κ3) is 13.1. The molecular formula is C50H51ClF3N7O11. The summed E-state index contributed by atoms with van der Waals surface area (Å²) in [5.41, 5.74) is 3.60. The topological polar surface area (TPSA) is 218 Å². The van der Waals surface area contributed by atoms with E-state index in [1.54, 1.807) is 36.4 Å². The molecule has 2 aromatic heterocycles. The van der Waals surface area contributed by atoms with Crippen molar-refractivity contribution in [2.24, 2.45) is 0 Å². The number of H-pyrrole nitrogens is 1. The number of aromatic amines is 1. The van der Waals surface area contributed by atoms with Crippen LogP contribution < -0.4 is 20.1 Å². The maximum Gasteiger partial charge on any atom is 0.416 e. The second kappa shape index (κ2) is 23.9. The fourth-order valence-electron chi connectivity index (χ4n) is 8.10. The number of rotatable bonds is 25. The number of ether oxygens (including phenoxy) is 6. The number of halogens is 4. The highest BCUT2D eigenvalue weighted by molar-refractivity contribution is 6.31. The zero-order valence-electron chi connectivity index (χ0n) is 38.8. The molecule has 2 aliphatic rings. The number of aryl methyl sites for hydroxylation is 1. The number of nitrogens with one attached hydrogen (secondary N) is 3. The van der Waals surface area contributed by atoms with Gasteiger partial charge >= 0.3 is 6.18 Å². The number of amides is 4. The van der Waals surface area contributed by atoms with Gasteiger partial charge < -0.3 is 48.7 Å². The minimum atomic E-state index is -4.50. The molecule has 4 N–H and O–H groups in total. The Bertz CT molecular complexity index is 2860. The van der Waals surface area contributed by atoms with Gasteiger partial charge in [0.1, 0.15) is 43.1 Å². The lowest BCUT2D eigenvalue weighted by Crippen LogP contribution is -2.52. The normalized spacial score (nSPS) is 14.8. The molecule has 0 bridgehead atoms. The second-order valence-electron chi connectivity index (χ2n) is 16.6. The summed E-state index contributed by atoms with van der Waals surface area (Å²) < 4.78 is 75.0. The number of carbonyl (C=O) groups excluding carboxylic acids is 4. The number of fused-ring (bicyclic) bond motifs is 2. The van der Waals surface area contributed by atoms with Crippen LogP contribution in [0.5, 0.6) is 17.4 Å². The standard InChI is InChI=1S/C50H51ClF3N7O11/c51-34-11-15-39-40(28-34)57-49(56-39)61-48(66)37(45(59-61)32-7-9-33(10-8-32)50(52,53)54)14-6-31-4-12-35(13-5-31)71-26-24-69-23-22-68-21-20-67-19-18-55-44(63)30-70-25-27-72-42-3-1-2-36-38(42)29-60(47(36)65)41-16-17-43(62)58-46(41)64/h1-5,7-13,15,28,41,66H,6,14,16-27,29-30H2,(H,55,63)(H,56,57)(H,58,62,64). The van der Waals surface area contributed by atoms with E-state index < -0.39 is 23.7 Å². The highest BCUT2D eigenvalue weighted by Crippen LogP contribution is 2.37. The van der Waals surface area contributed by atoms with Crippen LogP contribution in [-0.2, 0) is 58.9 Å². The molecule has 0 radical (unpaired) electrons. The zero-order valence-corrected chi connectivity index (χ0v) is 39.6. The van der Waals surface area contributed by atoms with Crippen LogP contribution in [0.15, 0.2) is 84.9 Å². The lowest BCUT2D eigenvalue weighted by molar-refractivity contribution is -0.138. The number of hydrogen-bond acceptors (Lipinski definition) is 13. The van der Waals surface area contributed by atoms with Gasteiger partial charge in [-0.15, -0.1) is 0 Å². The lowest BCUT2D eigenvalue weighted by atomic mass is 10.00. The van der Waals surface area contributed by atoms with E-state index in [0.717, 1.165) is 17.7 Å². The molecule has 1 unspecified atom stereocenters. The summed E-state index contributed by atoms with van der Waals surface area (Å²) in [6.07, 6.45) is -3.28. The van der Waals surface area contributed by atoms with Gasteiger partial charge in [-0.05, 0) is 79.4 Å². The largest absolute Gasteiger partial charge is 0.493 e. The molecule has 8 rings (SSSR count). The molecule has 6 aromatic rings. The van der Waals surface area contributed by atoms with Crippen molar-refractivity contribution >= 4 is 46.3 Å². The second-order valence-corrected chi connectivity index (χ2v) is 17.1. The number of alkyl halides is 3. The Kier molecular flexibility index (Phi) is 17.0. The predicted octanol–water partition coefficient (Wildman–Crippen LogP) is 5.98. The third-order valence-corrected chi connectivity index (χ3v) is 12.0. The number of imidazole rings is 1. The summed E-state index contributed by atoms with van der Waals surface area (Å²) in [6, 6.07) is 21.5. The zero-order chi connectivity index (χ0) is 50.6. The first-order valence-electron chi connectivity index (χ1n) is 23.2. The molecule has 72 heavy (non-hydrogen) atoms. The number of piperidine rings is 1. The summed E-state index contributed by atoms with van der Waals surface area (Å²) in [7, 11) is 0. The van der Waals surface area contributed by atoms with Crippen LogP contribution in [0.1, 0.15) is 45.5 Å². The number of nitrogens with zero attached hydrogens (tertiary/aromatic N) is 4. The summed E-state index contributed by atoms with van der Waals surface area (Å²) in [5, 5.41) is 21.5. The summed E-state index contributed by atoms with van der Waals surface area (Å²) in [6.45, 7) is 2.84. The number of benzene rings is 4. The third-order valence-electron chi connectivity index (χ3n) is 11.7. The molecular weight excluding hydrogens is 967 g/mol. The van der Waals surface area contributed by atoms with Crippen LogP contribution in [-0.4, -0.2) is 132 Å². The Balaban J connectivity index is 0.660. The Labute approximate surface area is 415 Å².